The van der Waals surface area contributed by atoms with Crippen molar-refractivity contribution in [2.24, 2.45) is 5.92 Å². The Morgan fingerprint density at radius 2 is 1.85 bits per heavy atom. The summed E-state index contributed by atoms with van der Waals surface area (Å²) in [6.45, 7) is -0.144. The molecule has 0 radical (unpaired) electrons. The van der Waals surface area contributed by atoms with Gasteiger partial charge >= 0.3 is 18.4 Å². The summed E-state index contributed by atoms with van der Waals surface area (Å²) in [5.41, 5.74) is -0.786. The highest BCUT2D eigenvalue weighted by Gasteiger charge is 2.47. The summed E-state index contributed by atoms with van der Waals surface area (Å²) in [6.07, 6.45) is -9.80. The number of rotatable bonds is 8. The molecular weight excluding hydrogens is 536 g/mol. The van der Waals surface area contributed by atoms with E-state index >= 15 is 0 Å². The van der Waals surface area contributed by atoms with Crippen LogP contribution in [-0.2, 0) is 33.5 Å². The second-order valence-electron chi connectivity index (χ2n) is 9.78. The molecule has 0 N–H and O–H groups in total. The first-order chi connectivity index (χ1) is 18.4. The van der Waals surface area contributed by atoms with Crippen LogP contribution in [0.3, 0.4) is 0 Å². The number of halogens is 6. The number of carbonyl (C=O) groups excluding carboxylic acids is 1. The van der Waals surface area contributed by atoms with Gasteiger partial charge in [-0.2, -0.15) is 31.4 Å². The first-order valence-electron chi connectivity index (χ1n) is 12.3. The third kappa shape index (κ3) is 7.56. The van der Waals surface area contributed by atoms with E-state index in [4.69, 9.17) is 18.9 Å². The molecule has 1 spiro atoms. The van der Waals surface area contributed by atoms with E-state index in [0.717, 1.165) is 12.4 Å². The van der Waals surface area contributed by atoms with Crippen molar-refractivity contribution < 1.29 is 50.1 Å². The van der Waals surface area contributed by atoms with Gasteiger partial charge in [0.2, 0.25) is 6.10 Å². The number of carbonyl (C=O) groups is 1. The minimum absolute atomic E-state index is 0.0815. The minimum atomic E-state index is -4.81. The Labute approximate surface area is 220 Å². The molecule has 0 aliphatic carbocycles. The maximum Gasteiger partial charge on any atom is 0.427 e. The number of methoxy groups -OCH3 is 1. The summed E-state index contributed by atoms with van der Waals surface area (Å²) in [7, 11) is 1.50. The molecule has 2 aliphatic heterocycles. The monoisotopic (exact) mass is 565 g/mol. The van der Waals surface area contributed by atoms with Crippen molar-refractivity contribution >= 4 is 6.09 Å². The van der Waals surface area contributed by atoms with Crippen molar-refractivity contribution in [2.45, 2.75) is 56.5 Å². The summed E-state index contributed by atoms with van der Waals surface area (Å²) in [6, 6.07) is 6.61. The maximum absolute atomic E-state index is 13.5. The van der Waals surface area contributed by atoms with Gasteiger partial charge in [0.25, 0.3) is 0 Å². The molecule has 0 saturated carbocycles. The Bertz CT molecular complexity index is 1100. The molecule has 2 unspecified atom stereocenters. The number of alkyl halides is 6. The van der Waals surface area contributed by atoms with Crippen LogP contribution in [0.25, 0.3) is 0 Å². The Morgan fingerprint density at radius 3 is 2.44 bits per heavy atom. The number of aromatic nitrogens is 2. The average molecular weight is 566 g/mol. The zero-order valence-corrected chi connectivity index (χ0v) is 21.1. The number of ether oxygens (including phenoxy) is 4. The van der Waals surface area contributed by atoms with E-state index in [0.29, 0.717) is 37.2 Å². The SMILES string of the molecule is COc1ccc(COCC(OC(=O)N2CCC3(CC2)CC(Cn2cc(C(F)(F)F)cn2)CO3)C(F)(F)F)cc1. The first-order valence-corrected chi connectivity index (χ1v) is 12.3. The minimum Gasteiger partial charge on any atom is -0.497 e. The largest absolute Gasteiger partial charge is 0.497 e. The Balaban J connectivity index is 1.24. The van der Waals surface area contributed by atoms with E-state index in [1.54, 1.807) is 24.3 Å². The summed E-state index contributed by atoms with van der Waals surface area (Å²) in [5, 5.41) is 3.77. The molecule has 8 nitrogen and oxygen atoms in total. The highest BCUT2D eigenvalue weighted by molar-refractivity contribution is 5.68. The highest BCUT2D eigenvalue weighted by Crippen LogP contribution is 2.40. The molecule has 216 valence electrons. The lowest BCUT2D eigenvalue weighted by atomic mass is 9.85. The van der Waals surface area contributed by atoms with E-state index in [1.165, 1.54) is 16.7 Å². The van der Waals surface area contributed by atoms with Crippen LogP contribution >= 0.6 is 0 Å². The molecule has 39 heavy (non-hydrogen) atoms. The lowest BCUT2D eigenvalue weighted by molar-refractivity contribution is -0.220. The van der Waals surface area contributed by atoms with Crippen LogP contribution in [-0.4, -0.2) is 72.1 Å². The zero-order chi connectivity index (χ0) is 28.3. The van der Waals surface area contributed by atoms with Crippen molar-refractivity contribution in [3.8, 4) is 5.75 Å². The van der Waals surface area contributed by atoms with Crippen LogP contribution in [0.4, 0.5) is 31.1 Å². The molecule has 0 bridgehead atoms. The third-order valence-electron chi connectivity index (χ3n) is 6.93. The molecule has 2 saturated heterocycles. The number of piperidine rings is 1. The summed E-state index contributed by atoms with van der Waals surface area (Å²) >= 11 is 0. The predicted octanol–water partition coefficient (Wildman–Crippen LogP) is 5.07. The van der Waals surface area contributed by atoms with Gasteiger partial charge in [0, 0.05) is 31.7 Å². The van der Waals surface area contributed by atoms with Crippen molar-refractivity contribution in [3.63, 3.8) is 0 Å². The second kappa shape index (κ2) is 11.6. The molecule has 2 aromatic rings. The number of hydrogen-bond acceptors (Lipinski definition) is 6. The Morgan fingerprint density at radius 1 is 1.15 bits per heavy atom. The molecule has 4 rings (SSSR count). The van der Waals surface area contributed by atoms with Gasteiger partial charge in [0.1, 0.15) is 5.75 Å². The van der Waals surface area contributed by atoms with Crippen LogP contribution < -0.4 is 4.74 Å². The number of amides is 1. The van der Waals surface area contributed by atoms with E-state index in [1.807, 2.05) is 0 Å². The number of benzene rings is 1. The topological polar surface area (TPSA) is 75.1 Å². The van der Waals surface area contributed by atoms with E-state index in [-0.39, 0.29) is 32.2 Å². The summed E-state index contributed by atoms with van der Waals surface area (Å²) in [4.78, 5) is 13.7. The van der Waals surface area contributed by atoms with Crippen molar-refractivity contribution in [2.75, 3.05) is 33.4 Å². The highest BCUT2D eigenvalue weighted by atomic mass is 19.4. The third-order valence-corrected chi connectivity index (χ3v) is 6.93. The smallest absolute Gasteiger partial charge is 0.427 e. The molecule has 2 atom stereocenters. The molecule has 14 heteroatoms. The van der Waals surface area contributed by atoms with Gasteiger partial charge in [-0.3, -0.25) is 4.68 Å². The second-order valence-corrected chi connectivity index (χ2v) is 9.78. The molecule has 2 aliphatic rings. The van der Waals surface area contributed by atoms with Gasteiger partial charge in [0.05, 0.1) is 44.3 Å². The van der Waals surface area contributed by atoms with Crippen LogP contribution in [0.1, 0.15) is 30.4 Å². The van der Waals surface area contributed by atoms with Gasteiger partial charge in [-0.05, 0) is 37.0 Å². The predicted molar refractivity (Wildman–Crippen MR) is 124 cm³/mol. The number of hydrogen-bond donors (Lipinski definition) is 0. The van der Waals surface area contributed by atoms with Gasteiger partial charge in [-0.15, -0.1) is 0 Å². The first kappa shape index (κ1) is 29.0. The molecule has 1 amide bonds. The van der Waals surface area contributed by atoms with E-state index < -0.39 is 42.3 Å². The fourth-order valence-electron chi connectivity index (χ4n) is 4.77. The van der Waals surface area contributed by atoms with Gasteiger partial charge in [-0.25, -0.2) is 4.79 Å². The quantitative estimate of drug-likeness (QED) is 0.417. The Kier molecular flexibility index (Phi) is 8.64. The molecule has 2 fully saturated rings. The molecule has 1 aromatic heterocycles. The van der Waals surface area contributed by atoms with E-state index in [2.05, 4.69) is 5.10 Å². The number of likely N-dealkylation sites (tertiary alicyclic amines) is 1. The molecular formula is C25H29F6N3O5. The average Bonchev–Trinajstić information content (AvgIpc) is 3.51. The fraction of sp³-hybridized carbons (Fsp3) is 0.600. The number of nitrogens with zero attached hydrogens (tertiary/aromatic N) is 3. The normalized spacial score (nSPS) is 20.3. The Hall–Kier alpha value is -3.00. The van der Waals surface area contributed by atoms with E-state index in [9.17, 15) is 31.1 Å². The fourth-order valence-corrected chi connectivity index (χ4v) is 4.77. The molecule has 1 aromatic carbocycles. The van der Waals surface area contributed by atoms with Crippen molar-refractivity contribution in [1.82, 2.24) is 14.7 Å². The van der Waals surface area contributed by atoms with Gasteiger partial charge in [-0.1, -0.05) is 12.1 Å². The van der Waals surface area contributed by atoms with Crippen LogP contribution in [0, 0.1) is 5.92 Å². The lowest BCUT2D eigenvalue weighted by Crippen LogP contribution is -2.49. The summed E-state index contributed by atoms with van der Waals surface area (Å²) < 4.78 is 101. The standard InChI is InChI=1S/C25H29F6N3O5/c1-36-20-4-2-17(3-5-20)14-37-16-21(25(29,30)31)39-22(35)33-8-6-23(7-9-33)10-18(15-38-23)12-34-13-19(11-32-34)24(26,27)28/h2-5,11,13,18,21H,6-10,12,14-16H2,1H3. The lowest BCUT2D eigenvalue weighted by Gasteiger charge is -2.38. The van der Waals surface area contributed by atoms with Crippen molar-refractivity contribution in [3.05, 3.63) is 47.8 Å². The maximum atomic E-state index is 13.5. The van der Waals surface area contributed by atoms with Crippen molar-refractivity contribution in [1.29, 1.82) is 0 Å². The van der Waals surface area contributed by atoms with Crippen LogP contribution in [0.15, 0.2) is 36.7 Å². The summed E-state index contributed by atoms with van der Waals surface area (Å²) in [5.74, 6) is 0.516. The van der Waals surface area contributed by atoms with Gasteiger partial charge < -0.3 is 23.8 Å². The molecule has 3 heterocycles. The van der Waals surface area contributed by atoms with Crippen LogP contribution in [0.5, 0.6) is 5.75 Å². The van der Waals surface area contributed by atoms with Gasteiger partial charge in [0.15, 0.2) is 0 Å². The zero-order valence-electron chi connectivity index (χ0n) is 21.1. The van der Waals surface area contributed by atoms with Crippen LogP contribution in [0.2, 0.25) is 0 Å².